The Morgan fingerprint density at radius 3 is 2.80 bits per heavy atom. The molecule has 0 saturated heterocycles. The van der Waals surface area contributed by atoms with Crippen LogP contribution in [0.5, 0.6) is 0 Å². The number of nitrogens with zero attached hydrogens (tertiary/aromatic N) is 1. The van der Waals surface area contributed by atoms with Crippen molar-refractivity contribution in [2.75, 3.05) is 0 Å². The van der Waals surface area contributed by atoms with E-state index in [0.29, 0.717) is 5.56 Å². The summed E-state index contributed by atoms with van der Waals surface area (Å²) in [5, 5.41) is 11.8. The number of nitriles is 1. The van der Waals surface area contributed by atoms with Gasteiger partial charge in [-0.1, -0.05) is 6.07 Å². The van der Waals surface area contributed by atoms with Gasteiger partial charge in [-0.3, -0.25) is 0 Å². The molecule has 0 radical (unpaired) electrons. The van der Waals surface area contributed by atoms with Gasteiger partial charge >= 0.3 is 6.09 Å². The van der Waals surface area contributed by atoms with E-state index in [1.165, 1.54) is 11.1 Å². The van der Waals surface area contributed by atoms with Crippen molar-refractivity contribution in [3.63, 3.8) is 0 Å². The molecular formula is C16H20N2O2. The molecule has 1 amide bonds. The second kappa shape index (κ2) is 5.54. The first-order chi connectivity index (χ1) is 9.37. The summed E-state index contributed by atoms with van der Waals surface area (Å²) in [5.74, 6) is 0. The lowest BCUT2D eigenvalue weighted by atomic mass is 9.87. The van der Waals surface area contributed by atoms with E-state index in [0.717, 1.165) is 19.3 Å². The minimum Gasteiger partial charge on any atom is -0.444 e. The number of amides is 1. The Kier molecular flexibility index (Phi) is 3.99. The van der Waals surface area contributed by atoms with Crippen molar-refractivity contribution in [1.29, 1.82) is 5.26 Å². The smallest absolute Gasteiger partial charge is 0.407 e. The molecule has 0 saturated carbocycles. The number of nitrogens with one attached hydrogen (secondary N) is 1. The number of aryl methyl sites for hydroxylation is 1. The van der Waals surface area contributed by atoms with Gasteiger partial charge in [0.25, 0.3) is 0 Å². The average molecular weight is 272 g/mol. The molecular weight excluding hydrogens is 252 g/mol. The van der Waals surface area contributed by atoms with Crippen LogP contribution in [0.4, 0.5) is 4.79 Å². The van der Waals surface area contributed by atoms with Gasteiger partial charge in [0.2, 0.25) is 0 Å². The summed E-state index contributed by atoms with van der Waals surface area (Å²) in [7, 11) is 0. The normalized spacial score (nSPS) is 17.8. The number of hydrogen-bond acceptors (Lipinski definition) is 3. The summed E-state index contributed by atoms with van der Waals surface area (Å²) in [6.07, 6.45) is 2.19. The summed E-state index contributed by atoms with van der Waals surface area (Å²) >= 11 is 0. The van der Waals surface area contributed by atoms with Crippen LogP contribution in [-0.2, 0) is 17.6 Å². The highest BCUT2D eigenvalue weighted by atomic mass is 16.6. The minimum atomic E-state index is -0.474. The summed E-state index contributed by atoms with van der Waals surface area (Å²) in [5.41, 5.74) is 2.64. The molecule has 1 aliphatic rings. The predicted octanol–water partition coefficient (Wildman–Crippen LogP) is 2.94. The molecule has 0 aliphatic heterocycles. The largest absolute Gasteiger partial charge is 0.444 e. The molecule has 20 heavy (non-hydrogen) atoms. The lowest BCUT2D eigenvalue weighted by molar-refractivity contribution is 0.0500. The van der Waals surface area contributed by atoms with Crippen molar-refractivity contribution in [2.24, 2.45) is 0 Å². The lowest BCUT2D eigenvalue weighted by Gasteiger charge is -2.27. The van der Waals surface area contributed by atoms with E-state index in [1.54, 1.807) is 0 Å². The topological polar surface area (TPSA) is 62.1 Å². The first-order valence-electron chi connectivity index (χ1n) is 6.89. The SMILES string of the molecule is CC(C)(C)OC(=O)N[C@H]1CCc2cc(C#N)ccc2C1. The molecule has 1 N–H and O–H groups in total. The van der Waals surface area contributed by atoms with Crippen LogP contribution in [0, 0.1) is 11.3 Å². The molecule has 0 bridgehead atoms. The Labute approximate surface area is 119 Å². The van der Waals surface area contributed by atoms with E-state index >= 15 is 0 Å². The molecule has 1 aromatic carbocycles. The van der Waals surface area contributed by atoms with E-state index in [9.17, 15) is 4.79 Å². The number of carbonyl (C=O) groups excluding carboxylic acids is 1. The van der Waals surface area contributed by atoms with Gasteiger partial charge in [-0.25, -0.2) is 4.79 Å². The minimum absolute atomic E-state index is 0.102. The van der Waals surface area contributed by atoms with Crippen LogP contribution in [0.1, 0.15) is 43.9 Å². The van der Waals surface area contributed by atoms with E-state index in [4.69, 9.17) is 10.00 Å². The molecule has 1 aliphatic carbocycles. The van der Waals surface area contributed by atoms with E-state index in [-0.39, 0.29) is 12.1 Å². The summed E-state index contributed by atoms with van der Waals surface area (Å²) in [6, 6.07) is 8.01. The molecule has 0 unspecified atom stereocenters. The van der Waals surface area contributed by atoms with Crippen molar-refractivity contribution in [2.45, 2.75) is 51.7 Å². The van der Waals surface area contributed by atoms with Gasteiger partial charge in [-0.2, -0.15) is 5.26 Å². The number of rotatable bonds is 1. The highest BCUT2D eigenvalue weighted by Gasteiger charge is 2.23. The van der Waals surface area contributed by atoms with Gasteiger partial charge in [-0.15, -0.1) is 0 Å². The van der Waals surface area contributed by atoms with E-state index in [2.05, 4.69) is 11.4 Å². The van der Waals surface area contributed by atoms with E-state index < -0.39 is 5.60 Å². The Bertz CT molecular complexity index is 553. The van der Waals surface area contributed by atoms with Gasteiger partial charge in [0.15, 0.2) is 0 Å². The molecule has 4 heteroatoms. The second-order valence-electron chi connectivity index (χ2n) is 6.18. The zero-order valence-electron chi connectivity index (χ0n) is 12.2. The highest BCUT2D eigenvalue weighted by Crippen LogP contribution is 2.23. The molecule has 0 fully saturated rings. The predicted molar refractivity (Wildman–Crippen MR) is 76.3 cm³/mol. The van der Waals surface area contributed by atoms with Crippen LogP contribution < -0.4 is 5.32 Å². The fourth-order valence-corrected chi connectivity index (χ4v) is 2.42. The number of fused-ring (bicyclic) bond motifs is 1. The quantitative estimate of drug-likeness (QED) is 0.855. The van der Waals surface area contributed by atoms with E-state index in [1.807, 2.05) is 39.0 Å². The number of benzene rings is 1. The summed E-state index contributed by atoms with van der Waals surface area (Å²) < 4.78 is 5.27. The fourth-order valence-electron chi connectivity index (χ4n) is 2.42. The van der Waals surface area contributed by atoms with Crippen molar-refractivity contribution in [3.8, 4) is 6.07 Å². The number of alkyl carbamates (subject to hydrolysis) is 1. The number of hydrogen-bond donors (Lipinski definition) is 1. The summed E-state index contributed by atoms with van der Waals surface area (Å²) in [4.78, 5) is 11.8. The molecule has 106 valence electrons. The monoisotopic (exact) mass is 272 g/mol. The van der Waals surface area contributed by atoms with Crippen LogP contribution in [0.25, 0.3) is 0 Å². The van der Waals surface area contributed by atoms with Crippen LogP contribution in [0.3, 0.4) is 0 Å². The molecule has 0 spiro atoms. The van der Waals surface area contributed by atoms with Crippen molar-refractivity contribution < 1.29 is 9.53 Å². The Hall–Kier alpha value is -2.02. The second-order valence-corrected chi connectivity index (χ2v) is 6.18. The lowest BCUT2D eigenvalue weighted by Crippen LogP contribution is -2.41. The highest BCUT2D eigenvalue weighted by molar-refractivity contribution is 5.68. The first kappa shape index (κ1) is 14.4. The maximum Gasteiger partial charge on any atom is 0.407 e. The van der Waals surface area contributed by atoms with Crippen LogP contribution in [0.15, 0.2) is 18.2 Å². The van der Waals surface area contributed by atoms with Crippen LogP contribution >= 0.6 is 0 Å². The van der Waals surface area contributed by atoms with Crippen LogP contribution in [-0.4, -0.2) is 17.7 Å². The molecule has 1 aromatic rings. The fraction of sp³-hybridized carbons (Fsp3) is 0.500. The van der Waals surface area contributed by atoms with Gasteiger partial charge in [0, 0.05) is 6.04 Å². The maximum absolute atomic E-state index is 11.8. The Morgan fingerprint density at radius 2 is 2.15 bits per heavy atom. The van der Waals surface area contributed by atoms with Gasteiger partial charge in [-0.05, 0) is 63.3 Å². The van der Waals surface area contributed by atoms with Gasteiger partial charge in [0.05, 0.1) is 11.6 Å². The molecule has 4 nitrogen and oxygen atoms in total. The van der Waals surface area contributed by atoms with Crippen molar-refractivity contribution >= 4 is 6.09 Å². The average Bonchev–Trinajstić information content (AvgIpc) is 2.35. The number of ether oxygens (including phenoxy) is 1. The maximum atomic E-state index is 11.8. The van der Waals surface area contributed by atoms with Crippen molar-refractivity contribution in [3.05, 3.63) is 34.9 Å². The third-order valence-corrected chi connectivity index (χ3v) is 3.28. The molecule has 0 aromatic heterocycles. The number of carbonyl (C=O) groups is 1. The standard InChI is InChI=1S/C16H20N2O2/c1-16(2,3)20-15(19)18-14-7-6-12-8-11(10-17)4-5-13(12)9-14/h4-5,8,14H,6-7,9H2,1-3H3,(H,18,19)/t14-/m0/s1. The zero-order chi connectivity index (χ0) is 14.8. The Balaban J connectivity index is 1.98. The van der Waals surface area contributed by atoms with Gasteiger partial charge in [0.1, 0.15) is 5.60 Å². The third kappa shape index (κ3) is 3.74. The first-order valence-corrected chi connectivity index (χ1v) is 6.89. The van der Waals surface area contributed by atoms with Crippen molar-refractivity contribution in [1.82, 2.24) is 5.32 Å². The van der Waals surface area contributed by atoms with Gasteiger partial charge < -0.3 is 10.1 Å². The Morgan fingerprint density at radius 1 is 1.40 bits per heavy atom. The summed E-state index contributed by atoms with van der Waals surface area (Å²) in [6.45, 7) is 5.56. The molecule has 1 atom stereocenters. The molecule has 0 heterocycles. The third-order valence-electron chi connectivity index (χ3n) is 3.28. The molecule has 2 rings (SSSR count). The van der Waals surface area contributed by atoms with Crippen LogP contribution in [0.2, 0.25) is 0 Å². The zero-order valence-corrected chi connectivity index (χ0v) is 12.2.